The minimum Gasteiger partial charge on any atom is -0.506 e. The molecule has 4 heterocycles. The van der Waals surface area contributed by atoms with Gasteiger partial charge in [0.05, 0.1) is 46.0 Å². The summed E-state index contributed by atoms with van der Waals surface area (Å²) in [5.74, 6) is -0.892. The smallest absolute Gasteiger partial charge is 0.326 e. The molecule has 0 aliphatic carbocycles. The lowest BCUT2D eigenvalue weighted by molar-refractivity contribution is 0.103. The second-order valence-electron chi connectivity index (χ2n) is 8.83. The number of piperidine rings is 1. The van der Waals surface area contributed by atoms with Crippen molar-refractivity contribution < 1.29 is 14.2 Å². The van der Waals surface area contributed by atoms with Crippen molar-refractivity contribution in [3.05, 3.63) is 52.6 Å². The average Bonchev–Trinajstić information content (AvgIpc) is 3.13. The fourth-order valence-electron chi connectivity index (χ4n) is 4.66. The van der Waals surface area contributed by atoms with E-state index in [-0.39, 0.29) is 22.5 Å². The Labute approximate surface area is 196 Å². The molecule has 0 radical (unpaired) electrons. The largest absolute Gasteiger partial charge is 0.506 e. The molecular weight excluding hydrogens is 437 g/mol. The minimum absolute atomic E-state index is 0.0213. The maximum atomic E-state index is 15.0. The Morgan fingerprint density at radius 3 is 2.76 bits per heavy atom. The van der Waals surface area contributed by atoms with E-state index in [1.807, 2.05) is 0 Å². The molecule has 1 aliphatic rings. The Morgan fingerprint density at radius 2 is 2.00 bits per heavy atom. The lowest BCUT2D eigenvalue weighted by Gasteiger charge is -2.26. The number of phenols is 1. The highest BCUT2D eigenvalue weighted by molar-refractivity contribution is 6.08. The molecule has 8 nitrogen and oxygen atoms in total. The molecule has 178 valence electrons. The summed E-state index contributed by atoms with van der Waals surface area (Å²) in [6, 6.07) is 4.74. The standard InChI is InChI=1S/C25H28FN5O3/c1-30-20-14-28-19-12-18(26)21(24(32)22(19)23(20)29-25(30)33)16-6-7-17(27-13-16)15-34-11-5-10-31-8-3-2-4-9-31/h6-7,12-14,32H,2-5,8-11,15H2,1H3,(H,29,33). The Kier molecular flexibility index (Phi) is 6.30. The van der Waals surface area contributed by atoms with Crippen LogP contribution in [0.1, 0.15) is 31.4 Å². The molecule has 1 aromatic carbocycles. The van der Waals surface area contributed by atoms with Crippen LogP contribution in [0.5, 0.6) is 5.75 Å². The molecule has 4 aromatic rings. The number of ether oxygens (including phenoxy) is 1. The van der Waals surface area contributed by atoms with Crippen LogP contribution in [0.25, 0.3) is 33.1 Å². The van der Waals surface area contributed by atoms with Crippen molar-refractivity contribution in [1.82, 2.24) is 24.4 Å². The fraction of sp³-hybridized carbons (Fsp3) is 0.400. The summed E-state index contributed by atoms with van der Waals surface area (Å²) >= 11 is 0. The number of phenolic OH excluding ortho intramolecular Hbond substituents is 1. The fourth-order valence-corrected chi connectivity index (χ4v) is 4.66. The summed E-state index contributed by atoms with van der Waals surface area (Å²) in [7, 11) is 1.61. The number of nitrogens with zero attached hydrogens (tertiary/aromatic N) is 4. The Bertz CT molecular complexity index is 1370. The van der Waals surface area contributed by atoms with Gasteiger partial charge in [-0.2, -0.15) is 0 Å². The molecule has 2 N–H and O–H groups in total. The number of likely N-dealkylation sites (tertiary alicyclic amines) is 1. The second kappa shape index (κ2) is 9.52. The van der Waals surface area contributed by atoms with Crippen molar-refractivity contribution in [3.8, 4) is 16.9 Å². The highest BCUT2D eigenvalue weighted by atomic mass is 19.1. The van der Waals surface area contributed by atoms with Crippen LogP contribution in [-0.2, 0) is 18.4 Å². The minimum atomic E-state index is -0.612. The van der Waals surface area contributed by atoms with Gasteiger partial charge in [-0.3, -0.25) is 14.5 Å². The van der Waals surface area contributed by atoms with Gasteiger partial charge in [-0.05, 0) is 38.4 Å². The molecule has 0 unspecified atom stereocenters. The SMILES string of the molecule is Cn1c(=O)[nH]c2c3c(O)c(-c4ccc(COCCCN5CCCCC5)nc4)c(F)cc3ncc21. The number of imidazole rings is 1. The van der Waals surface area contributed by atoms with Gasteiger partial charge in [-0.15, -0.1) is 0 Å². The molecule has 0 saturated carbocycles. The predicted octanol–water partition coefficient (Wildman–Crippen LogP) is 3.71. The third-order valence-corrected chi connectivity index (χ3v) is 6.54. The van der Waals surface area contributed by atoms with Gasteiger partial charge < -0.3 is 19.7 Å². The number of rotatable bonds is 7. The van der Waals surface area contributed by atoms with Gasteiger partial charge in [0, 0.05) is 38.0 Å². The van der Waals surface area contributed by atoms with Gasteiger partial charge in [0.15, 0.2) is 0 Å². The number of aromatic nitrogens is 4. The first-order chi connectivity index (χ1) is 16.5. The van der Waals surface area contributed by atoms with Crippen LogP contribution in [-0.4, -0.2) is 55.8 Å². The van der Waals surface area contributed by atoms with Crippen LogP contribution in [0.4, 0.5) is 4.39 Å². The summed E-state index contributed by atoms with van der Waals surface area (Å²) in [6.07, 6.45) is 7.90. The lowest BCUT2D eigenvalue weighted by Crippen LogP contribution is -2.31. The van der Waals surface area contributed by atoms with Crippen molar-refractivity contribution in [1.29, 1.82) is 0 Å². The molecule has 1 saturated heterocycles. The van der Waals surface area contributed by atoms with Crippen molar-refractivity contribution in [3.63, 3.8) is 0 Å². The van der Waals surface area contributed by atoms with E-state index in [4.69, 9.17) is 4.74 Å². The lowest BCUT2D eigenvalue weighted by atomic mass is 10.0. The van der Waals surface area contributed by atoms with Crippen LogP contribution >= 0.6 is 0 Å². The Balaban J connectivity index is 1.32. The van der Waals surface area contributed by atoms with Crippen LogP contribution in [0.15, 0.2) is 35.4 Å². The summed E-state index contributed by atoms with van der Waals surface area (Å²) in [5.41, 5.74) is 2.05. The maximum absolute atomic E-state index is 15.0. The van der Waals surface area contributed by atoms with Crippen molar-refractivity contribution in [2.75, 3.05) is 26.2 Å². The van der Waals surface area contributed by atoms with Crippen LogP contribution in [0.3, 0.4) is 0 Å². The number of hydrogen-bond donors (Lipinski definition) is 2. The van der Waals surface area contributed by atoms with E-state index >= 15 is 0 Å². The number of aromatic hydroxyl groups is 1. The molecule has 0 atom stereocenters. The maximum Gasteiger partial charge on any atom is 0.326 e. The molecule has 5 rings (SSSR count). The topological polar surface area (TPSA) is 96.3 Å². The number of aromatic amines is 1. The quantitative estimate of drug-likeness (QED) is 0.404. The second-order valence-corrected chi connectivity index (χ2v) is 8.83. The van der Waals surface area contributed by atoms with Crippen molar-refractivity contribution in [2.45, 2.75) is 32.3 Å². The number of H-pyrrole nitrogens is 1. The third-order valence-electron chi connectivity index (χ3n) is 6.54. The first kappa shape index (κ1) is 22.5. The van der Waals surface area contributed by atoms with Crippen molar-refractivity contribution in [2.24, 2.45) is 7.05 Å². The zero-order valence-corrected chi connectivity index (χ0v) is 19.2. The van der Waals surface area contributed by atoms with Gasteiger partial charge in [0.2, 0.25) is 0 Å². The molecule has 3 aromatic heterocycles. The van der Waals surface area contributed by atoms with E-state index in [1.165, 1.54) is 55.4 Å². The number of nitrogens with one attached hydrogen (secondary N) is 1. The van der Waals surface area contributed by atoms with Gasteiger partial charge >= 0.3 is 5.69 Å². The van der Waals surface area contributed by atoms with Gasteiger partial charge in [-0.25, -0.2) is 9.18 Å². The summed E-state index contributed by atoms with van der Waals surface area (Å²) in [5, 5.41) is 11.3. The number of aryl methyl sites for hydroxylation is 1. The zero-order valence-electron chi connectivity index (χ0n) is 19.2. The normalized spacial score (nSPS) is 14.9. The molecular formula is C25H28FN5O3. The molecule has 0 bridgehead atoms. The highest BCUT2D eigenvalue weighted by Gasteiger charge is 2.20. The molecule has 0 amide bonds. The zero-order chi connectivity index (χ0) is 23.7. The van der Waals surface area contributed by atoms with E-state index in [1.54, 1.807) is 19.2 Å². The first-order valence-electron chi connectivity index (χ1n) is 11.7. The van der Waals surface area contributed by atoms with Crippen molar-refractivity contribution >= 4 is 21.9 Å². The highest BCUT2D eigenvalue weighted by Crippen LogP contribution is 2.39. The monoisotopic (exact) mass is 465 g/mol. The van der Waals surface area contributed by atoms with E-state index in [9.17, 15) is 14.3 Å². The van der Waals surface area contributed by atoms with Gasteiger partial charge in [0.1, 0.15) is 11.6 Å². The number of hydrogen-bond acceptors (Lipinski definition) is 6. The predicted molar refractivity (Wildman–Crippen MR) is 128 cm³/mol. The summed E-state index contributed by atoms with van der Waals surface area (Å²) in [4.78, 5) is 25.9. The Hall–Kier alpha value is -3.30. The van der Waals surface area contributed by atoms with Crippen LogP contribution in [0, 0.1) is 5.82 Å². The van der Waals surface area contributed by atoms with Gasteiger partial charge in [0.25, 0.3) is 0 Å². The summed E-state index contributed by atoms with van der Waals surface area (Å²) < 4.78 is 22.1. The van der Waals surface area contributed by atoms with E-state index in [0.717, 1.165) is 18.7 Å². The molecule has 34 heavy (non-hydrogen) atoms. The number of pyridine rings is 2. The summed E-state index contributed by atoms with van der Waals surface area (Å²) in [6.45, 7) is 4.47. The van der Waals surface area contributed by atoms with E-state index in [2.05, 4.69) is 19.9 Å². The van der Waals surface area contributed by atoms with E-state index in [0.29, 0.717) is 35.2 Å². The van der Waals surface area contributed by atoms with E-state index < -0.39 is 5.82 Å². The third kappa shape index (κ3) is 4.28. The number of halogens is 1. The van der Waals surface area contributed by atoms with Crippen LogP contribution < -0.4 is 5.69 Å². The molecule has 9 heteroatoms. The van der Waals surface area contributed by atoms with Crippen LogP contribution in [0.2, 0.25) is 0 Å². The molecule has 1 fully saturated rings. The number of fused-ring (bicyclic) bond motifs is 3. The molecule has 0 spiro atoms. The van der Waals surface area contributed by atoms with Gasteiger partial charge in [-0.1, -0.05) is 12.5 Å². The first-order valence-corrected chi connectivity index (χ1v) is 11.7. The number of benzene rings is 1. The molecule has 1 aliphatic heterocycles. The average molecular weight is 466 g/mol. The Morgan fingerprint density at radius 1 is 1.18 bits per heavy atom.